The topological polar surface area (TPSA) is 85.2 Å². The summed E-state index contributed by atoms with van der Waals surface area (Å²) in [5, 5.41) is 5.68. The average molecular weight is 398 g/mol. The fourth-order valence-electron chi connectivity index (χ4n) is 2.84. The number of imidazole rings is 1. The van der Waals surface area contributed by atoms with Crippen LogP contribution in [0.4, 0.5) is 5.69 Å². The van der Waals surface area contributed by atoms with Gasteiger partial charge in [0.1, 0.15) is 19.0 Å². The summed E-state index contributed by atoms with van der Waals surface area (Å²) in [6, 6.07) is 15.3. The predicted molar refractivity (Wildman–Crippen MR) is 110 cm³/mol. The van der Waals surface area contributed by atoms with Crippen LogP contribution in [-0.2, 0) is 27.4 Å². The van der Waals surface area contributed by atoms with Gasteiger partial charge in [0.25, 0.3) is 0 Å². The first-order valence-electron chi connectivity index (χ1n) is 8.74. The first-order chi connectivity index (χ1) is 13.6. The summed E-state index contributed by atoms with van der Waals surface area (Å²) in [5.74, 6) is 0.212. The zero-order chi connectivity index (χ0) is 19.9. The van der Waals surface area contributed by atoms with Crippen LogP contribution < -0.4 is 10.6 Å². The molecule has 0 saturated carbocycles. The highest BCUT2D eigenvalue weighted by Gasteiger charge is 2.14. The van der Waals surface area contributed by atoms with Crippen molar-refractivity contribution in [3.05, 3.63) is 54.4 Å². The summed E-state index contributed by atoms with van der Waals surface area (Å²) in [6.45, 7) is 0.290. The summed E-state index contributed by atoms with van der Waals surface area (Å²) >= 11 is 1.62. The Kier molecular flexibility index (Phi) is 6.67. The number of rotatable bonds is 8. The molecule has 146 valence electrons. The standard InChI is InChI=1S/C20H22N4O3S/c1-27-13-20(26)21-11-18-23-16-8-3-4-9-17(16)24(18)12-19(25)22-14-6-5-7-15(10-14)28-2/h3-10H,11-13H2,1-2H3,(H,21,26)(H,22,25). The van der Waals surface area contributed by atoms with Gasteiger partial charge in [-0.15, -0.1) is 11.8 Å². The Morgan fingerprint density at radius 2 is 1.96 bits per heavy atom. The normalized spacial score (nSPS) is 10.8. The number of nitrogens with one attached hydrogen (secondary N) is 2. The van der Waals surface area contributed by atoms with Gasteiger partial charge >= 0.3 is 0 Å². The predicted octanol–water partition coefficient (Wildman–Crippen LogP) is 2.66. The van der Waals surface area contributed by atoms with Gasteiger partial charge in [0.2, 0.25) is 11.8 Å². The molecule has 1 heterocycles. The molecule has 7 nitrogen and oxygen atoms in total. The van der Waals surface area contributed by atoms with Gasteiger partial charge in [-0.05, 0) is 36.6 Å². The minimum absolute atomic E-state index is 0.0213. The molecular weight excluding hydrogens is 376 g/mol. The van der Waals surface area contributed by atoms with Gasteiger partial charge in [0.15, 0.2) is 0 Å². The number of amides is 2. The first-order valence-corrected chi connectivity index (χ1v) is 9.97. The Balaban J connectivity index is 1.79. The van der Waals surface area contributed by atoms with E-state index in [4.69, 9.17) is 4.74 Å². The molecular formula is C20H22N4O3S. The van der Waals surface area contributed by atoms with Gasteiger partial charge in [-0.25, -0.2) is 4.98 Å². The van der Waals surface area contributed by atoms with E-state index in [0.717, 1.165) is 21.6 Å². The molecule has 0 aliphatic carbocycles. The Bertz CT molecular complexity index is 986. The number of para-hydroxylation sites is 2. The number of carbonyl (C=O) groups excluding carboxylic acids is 2. The highest BCUT2D eigenvalue weighted by atomic mass is 32.2. The number of carbonyl (C=O) groups is 2. The maximum atomic E-state index is 12.6. The second-order valence-electron chi connectivity index (χ2n) is 6.09. The van der Waals surface area contributed by atoms with Crippen molar-refractivity contribution in [2.75, 3.05) is 25.3 Å². The molecule has 0 saturated heterocycles. The van der Waals surface area contributed by atoms with Gasteiger partial charge in [-0.2, -0.15) is 0 Å². The highest BCUT2D eigenvalue weighted by Crippen LogP contribution is 2.20. The lowest BCUT2D eigenvalue weighted by Crippen LogP contribution is -2.29. The van der Waals surface area contributed by atoms with Crippen LogP contribution in [0.1, 0.15) is 5.82 Å². The molecule has 0 unspecified atom stereocenters. The van der Waals surface area contributed by atoms with Crippen LogP contribution in [0.3, 0.4) is 0 Å². The van der Waals surface area contributed by atoms with E-state index < -0.39 is 0 Å². The van der Waals surface area contributed by atoms with Crippen LogP contribution in [0, 0.1) is 0 Å². The number of thioether (sulfide) groups is 1. The Morgan fingerprint density at radius 3 is 2.75 bits per heavy atom. The Morgan fingerprint density at radius 1 is 1.14 bits per heavy atom. The number of nitrogens with zero attached hydrogens (tertiary/aromatic N) is 2. The van der Waals surface area contributed by atoms with Crippen LogP contribution in [0.5, 0.6) is 0 Å². The monoisotopic (exact) mass is 398 g/mol. The molecule has 0 fully saturated rings. The van der Waals surface area contributed by atoms with Crippen molar-refractivity contribution in [2.45, 2.75) is 18.0 Å². The van der Waals surface area contributed by atoms with Crippen molar-refractivity contribution < 1.29 is 14.3 Å². The number of ether oxygens (including phenoxy) is 1. The highest BCUT2D eigenvalue weighted by molar-refractivity contribution is 7.98. The fourth-order valence-corrected chi connectivity index (χ4v) is 3.30. The van der Waals surface area contributed by atoms with E-state index >= 15 is 0 Å². The molecule has 3 rings (SSSR count). The lowest BCUT2D eigenvalue weighted by Gasteiger charge is -2.11. The number of hydrogen-bond donors (Lipinski definition) is 2. The average Bonchev–Trinajstić information content (AvgIpc) is 3.04. The molecule has 0 aliphatic heterocycles. The second-order valence-corrected chi connectivity index (χ2v) is 6.97. The van der Waals surface area contributed by atoms with Crippen molar-refractivity contribution in [1.29, 1.82) is 0 Å². The van der Waals surface area contributed by atoms with E-state index in [2.05, 4.69) is 15.6 Å². The molecule has 2 amide bonds. The third-order valence-electron chi connectivity index (χ3n) is 4.11. The summed E-state index contributed by atoms with van der Waals surface area (Å²) in [5.41, 5.74) is 2.36. The molecule has 0 bridgehead atoms. The maximum Gasteiger partial charge on any atom is 0.246 e. The van der Waals surface area contributed by atoms with E-state index in [1.165, 1.54) is 7.11 Å². The quantitative estimate of drug-likeness (QED) is 0.570. The van der Waals surface area contributed by atoms with Gasteiger partial charge < -0.3 is 19.9 Å². The SMILES string of the molecule is COCC(=O)NCc1nc2ccccc2n1CC(=O)Nc1cccc(SC)c1. The molecule has 0 aliphatic rings. The van der Waals surface area contributed by atoms with E-state index in [1.54, 1.807) is 11.8 Å². The minimum atomic E-state index is -0.237. The summed E-state index contributed by atoms with van der Waals surface area (Å²) in [6.07, 6.45) is 1.99. The summed E-state index contributed by atoms with van der Waals surface area (Å²) in [7, 11) is 1.46. The van der Waals surface area contributed by atoms with E-state index in [9.17, 15) is 9.59 Å². The Hall–Kier alpha value is -2.84. The molecule has 1 aromatic heterocycles. The van der Waals surface area contributed by atoms with E-state index in [-0.39, 0.29) is 31.5 Å². The van der Waals surface area contributed by atoms with Crippen molar-refractivity contribution in [3.63, 3.8) is 0 Å². The molecule has 3 aromatic rings. The Labute approximate surface area is 167 Å². The van der Waals surface area contributed by atoms with Crippen LogP contribution in [0.15, 0.2) is 53.4 Å². The van der Waals surface area contributed by atoms with E-state index in [1.807, 2.05) is 59.4 Å². The molecule has 2 aromatic carbocycles. The summed E-state index contributed by atoms with van der Waals surface area (Å²) < 4.78 is 6.64. The van der Waals surface area contributed by atoms with Gasteiger partial charge in [-0.1, -0.05) is 18.2 Å². The fraction of sp³-hybridized carbons (Fsp3) is 0.250. The number of anilines is 1. The first kappa shape index (κ1) is 19.9. The molecule has 2 N–H and O–H groups in total. The molecule has 28 heavy (non-hydrogen) atoms. The van der Waals surface area contributed by atoms with Crippen LogP contribution >= 0.6 is 11.8 Å². The number of fused-ring (bicyclic) bond motifs is 1. The lowest BCUT2D eigenvalue weighted by atomic mass is 10.3. The molecule has 0 spiro atoms. The molecule has 0 radical (unpaired) electrons. The zero-order valence-corrected chi connectivity index (χ0v) is 16.6. The third-order valence-corrected chi connectivity index (χ3v) is 4.83. The van der Waals surface area contributed by atoms with Crippen LogP contribution in [0.25, 0.3) is 11.0 Å². The van der Waals surface area contributed by atoms with Crippen LogP contribution in [0.2, 0.25) is 0 Å². The number of aromatic nitrogens is 2. The van der Waals surface area contributed by atoms with Crippen molar-refractivity contribution >= 4 is 40.3 Å². The van der Waals surface area contributed by atoms with E-state index in [0.29, 0.717) is 5.82 Å². The maximum absolute atomic E-state index is 12.6. The smallest absolute Gasteiger partial charge is 0.246 e. The largest absolute Gasteiger partial charge is 0.375 e. The van der Waals surface area contributed by atoms with Gasteiger partial charge in [-0.3, -0.25) is 9.59 Å². The molecule has 0 atom stereocenters. The number of methoxy groups -OCH3 is 1. The van der Waals surface area contributed by atoms with Crippen LogP contribution in [-0.4, -0.2) is 41.3 Å². The number of benzene rings is 2. The van der Waals surface area contributed by atoms with Gasteiger partial charge in [0.05, 0.1) is 17.6 Å². The van der Waals surface area contributed by atoms with Gasteiger partial charge in [0, 0.05) is 17.7 Å². The second kappa shape index (κ2) is 9.38. The molecule has 8 heteroatoms. The third kappa shape index (κ3) is 4.90. The number of hydrogen-bond acceptors (Lipinski definition) is 5. The van der Waals surface area contributed by atoms with Crippen molar-refractivity contribution in [3.8, 4) is 0 Å². The minimum Gasteiger partial charge on any atom is -0.375 e. The lowest BCUT2D eigenvalue weighted by molar-refractivity contribution is -0.124. The zero-order valence-electron chi connectivity index (χ0n) is 15.8. The van der Waals surface area contributed by atoms with Crippen molar-refractivity contribution in [1.82, 2.24) is 14.9 Å². The summed E-state index contributed by atoms with van der Waals surface area (Å²) in [4.78, 5) is 30.0. The van der Waals surface area contributed by atoms with Crippen molar-refractivity contribution in [2.24, 2.45) is 0 Å².